The molecule has 2 atom stereocenters. The van der Waals surface area contributed by atoms with Crippen LogP contribution in [0.15, 0.2) is 0 Å². The lowest BCUT2D eigenvalue weighted by atomic mass is 9.97. The van der Waals surface area contributed by atoms with Gasteiger partial charge in [0.15, 0.2) is 0 Å². The van der Waals surface area contributed by atoms with Crippen molar-refractivity contribution in [3.05, 3.63) is 0 Å². The number of ether oxygens (including phenoxy) is 1. The molecule has 0 bridgehead atoms. The first kappa shape index (κ1) is 28.7. The first-order valence-electron chi connectivity index (χ1n) is 11.4. The highest BCUT2D eigenvalue weighted by Gasteiger charge is 2.36. The number of nitrogens with two attached hydrogens (primary N) is 1. The van der Waals surface area contributed by atoms with Crippen molar-refractivity contribution in [3.8, 4) is 0 Å². The minimum atomic E-state index is -1.16. The van der Waals surface area contributed by atoms with E-state index in [1.165, 1.54) is 16.8 Å². The maximum absolute atomic E-state index is 13.3. The van der Waals surface area contributed by atoms with Crippen LogP contribution in [0.3, 0.4) is 0 Å². The summed E-state index contributed by atoms with van der Waals surface area (Å²) in [4.78, 5) is 43.0. The molecule has 0 spiro atoms. The minimum absolute atomic E-state index is 0.0244. The molecule has 1 aliphatic rings. The van der Waals surface area contributed by atoms with Gasteiger partial charge in [-0.05, 0) is 39.0 Å². The lowest BCUT2D eigenvalue weighted by Crippen LogP contribution is -2.56. The van der Waals surface area contributed by atoms with Crippen LogP contribution in [0.5, 0.6) is 0 Å². The van der Waals surface area contributed by atoms with Crippen molar-refractivity contribution in [3.63, 3.8) is 0 Å². The zero-order chi connectivity index (χ0) is 24.3. The van der Waals surface area contributed by atoms with Crippen LogP contribution in [-0.2, 0) is 19.1 Å². The van der Waals surface area contributed by atoms with Crippen molar-refractivity contribution < 1.29 is 24.2 Å². The molecule has 0 aromatic carbocycles. The Morgan fingerprint density at radius 3 is 2.31 bits per heavy atom. The van der Waals surface area contributed by atoms with Gasteiger partial charge in [0.05, 0.1) is 18.8 Å². The lowest BCUT2D eigenvalue weighted by molar-refractivity contribution is -0.147. The fourth-order valence-electron chi connectivity index (χ4n) is 3.61. The molecule has 1 saturated heterocycles. The molecule has 0 aromatic heterocycles. The summed E-state index contributed by atoms with van der Waals surface area (Å²) in [5.74, 6) is 0.176. The van der Waals surface area contributed by atoms with Crippen molar-refractivity contribution in [2.75, 3.05) is 58.4 Å². The number of hydrogen-bond donors (Lipinski definition) is 2. The summed E-state index contributed by atoms with van der Waals surface area (Å²) in [6, 6.07) is -1.65. The number of morpholine rings is 1. The highest BCUT2D eigenvalue weighted by molar-refractivity contribution is 7.99. The molecule has 3 N–H and O–H groups in total. The van der Waals surface area contributed by atoms with Crippen LogP contribution < -0.4 is 5.73 Å². The number of likely N-dealkylation sites (N-methyl/N-ethyl adjacent to an activating group) is 2. The van der Waals surface area contributed by atoms with Gasteiger partial charge in [-0.3, -0.25) is 19.3 Å². The maximum Gasteiger partial charge on any atom is 0.246 e. The van der Waals surface area contributed by atoms with Crippen LogP contribution in [0.1, 0.15) is 46.5 Å². The van der Waals surface area contributed by atoms with E-state index in [0.717, 1.165) is 45.0 Å². The molecule has 0 unspecified atom stereocenters. The summed E-state index contributed by atoms with van der Waals surface area (Å²) in [6.45, 7) is 9.47. The third-order valence-electron chi connectivity index (χ3n) is 5.59. The Labute approximate surface area is 197 Å². The second kappa shape index (κ2) is 14.0. The number of primary amides is 1. The molecule has 0 aliphatic carbocycles. The summed E-state index contributed by atoms with van der Waals surface area (Å²) in [6.07, 6.45) is 2.05. The average Bonchev–Trinajstić information content (AvgIpc) is 2.73. The van der Waals surface area contributed by atoms with Gasteiger partial charge < -0.3 is 25.4 Å². The maximum atomic E-state index is 13.3. The second-order valence-corrected chi connectivity index (χ2v) is 10.2. The molecule has 1 aliphatic heterocycles. The summed E-state index contributed by atoms with van der Waals surface area (Å²) < 4.78 is 5.37. The average molecular weight is 475 g/mol. The van der Waals surface area contributed by atoms with E-state index in [4.69, 9.17) is 10.5 Å². The Kier molecular flexibility index (Phi) is 12.6. The molecular weight excluding hydrogens is 432 g/mol. The van der Waals surface area contributed by atoms with Gasteiger partial charge in [0.25, 0.3) is 0 Å². The van der Waals surface area contributed by atoms with Crippen LogP contribution >= 0.6 is 11.8 Å². The predicted molar refractivity (Wildman–Crippen MR) is 127 cm³/mol. The predicted octanol–water partition coefficient (Wildman–Crippen LogP) is 0.542. The van der Waals surface area contributed by atoms with Gasteiger partial charge in [0, 0.05) is 45.8 Å². The first-order chi connectivity index (χ1) is 15.0. The number of carbonyl (C=O) groups excluding carboxylic acids is 3. The van der Waals surface area contributed by atoms with Gasteiger partial charge in [-0.25, -0.2) is 0 Å². The fourth-order valence-corrected chi connectivity index (χ4v) is 4.70. The Morgan fingerprint density at radius 2 is 1.78 bits per heavy atom. The third-order valence-corrected chi connectivity index (χ3v) is 6.72. The Balaban J connectivity index is 2.78. The molecule has 3 amide bonds. The van der Waals surface area contributed by atoms with E-state index in [1.807, 2.05) is 6.92 Å². The van der Waals surface area contributed by atoms with Crippen molar-refractivity contribution in [1.82, 2.24) is 14.7 Å². The number of rotatable bonds is 14. The Bertz CT molecular complexity index is 608. The van der Waals surface area contributed by atoms with E-state index < -0.39 is 23.6 Å². The van der Waals surface area contributed by atoms with Crippen LogP contribution in [-0.4, -0.2) is 114 Å². The fraction of sp³-hybridized carbons (Fsp3) is 0.864. The standard InChI is InChI=1S/C22H42N4O5S/c1-6-8-19(27)24(4)18(16-32-14-7-9-26-10-12-31-13-11-26)21(29)25(5)17(20(23)28)15-22(2,3)30/h17-18,30H,6-16H2,1-5H3,(H2,23,28)/t17-,18+/m0/s1. The quantitative estimate of drug-likeness (QED) is 0.353. The van der Waals surface area contributed by atoms with Gasteiger partial charge in [-0.2, -0.15) is 11.8 Å². The number of hydrogen-bond acceptors (Lipinski definition) is 7. The summed E-state index contributed by atoms with van der Waals surface area (Å²) >= 11 is 1.63. The van der Waals surface area contributed by atoms with Gasteiger partial charge in [-0.1, -0.05) is 6.92 Å². The topological polar surface area (TPSA) is 116 Å². The van der Waals surface area contributed by atoms with Crippen LogP contribution in [0.4, 0.5) is 0 Å². The Hall–Kier alpha value is -1.36. The van der Waals surface area contributed by atoms with Gasteiger partial charge in [0.1, 0.15) is 12.1 Å². The van der Waals surface area contributed by atoms with Crippen LogP contribution in [0, 0.1) is 0 Å². The molecule has 0 saturated carbocycles. The minimum Gasteiger partial charge on any atom is -0.390 e. The molecule has 32 heavy (non-hydrogen) atoms. The number of aliphatic hydroxyl groups is 1. The van der Waals surface area contributed by atoms with E-state index in [9.17, 15) is 19.5 Å². The zero-order valence-electron chi connectivity index (χ0n) is 20.3. The SMILES string of the molecule is CCCC(=O)N(C)[C@H](CSCCCN1CCOCC1)C(=O)N(C)[C@@H](CC(C)(C)O)C(N)=O. The van der Waals surface area contributed by atoms with E-state index in [0.29, 0.717) is 18.6 Å². The molecule has 1 fully saturated rings. The normalized spacial score (nSPS) is 16.9. The van der Waals surface area contributed by atoms with Crippen LogP contribution in [0.2, 0.25) is 0 Å². The molecule has 0 aromatic rings. The largest absolute Gasteiger partial charge is 0.390 e. The number of nitrogens with zero attached hydrogens (tertiary/aromatic N) is 3. The molecule has 9 nitrogen and oxygen atoms in total. The lowest BCUT2D eigenvalue weighted by Gasteiger charge is -2.35. The smallest absolute Gasteiger partial charge is 0.246 e. The molecule has 186 valence electrons. The van der Waals surface area contributed by atoms with Crippen molar-refractivity contribution in [1.29, 1.82) is 0 Å². The summed E-state index contributed by atoms with van der Waals surface area (Å²) in [7, 11) is 3.15. The Morgan fingerprint density at radius 1 is 1.16 bits per heavy atom. The van der Waals surface area contributed by atoms with E-state index in [1.54, 1.807) is 32.7 Å². The molecule has 1 rings (SSSR count). The van der Waals surface area contributed by atoms with Crippen molar-refractivity contribution >= 4 is 29.5 Å². The summed E-state index contributed by atoms with van der Waals surface area (Å²) in [5, 5.41) is 10.2. The molecular formula is C22H42N4O5S. The van der Waals surface area contributed by atoms with E-state index in [2.05, 4.69) is 4.90 Å². The molecule has 1 heterocycles. The van der Waals surface area contributed by atoms with Crippen molar-refractivity contribution in [2.45, 2.75) is 64.1 Å². The number of carbonyl (C=O) groups is 3. The molecule has 0 radical (unpaired) electrons. The molecule has 10 heteroatoms. The van der Waals surface area contributed by atoms with Gasteiger partial charge >= 0.3 is 0 Å². The van der Waals surface area contributed by atoms with E-state index >= 15 is 0 Å². The monoisotopic (exact) mass is 474 g/mol. The second-order valence-electron chi connectivity index (χ2n) is 9.04. The number of thioether (sulfide) groups is 1. The van der Waals surface area contributed by atoms with Gasteiger partial charge in [-0.15, -0.1) is 0 Å². The summed E-state index contributed by atoms with van der Waals surface area (Å²) in [5.41, 5.74) is 4.37. The first-order valence-corrected chi connectivity index (χ1v) is 12.5. The van der Waals surface area contributed by atoms with Crippen LogP contribution in [0.25, 0.3) is 0 Å². The zero-order valence-corrected chi connectivity index (χ0v) is 21.2. The third kappa shape index (κ3) is 10.1. The highest BCUT2D eigenvalue weighted by Crippen LogP contribution is 2.19. The number of amides is 3. The van der Waals surface area contributed by atoms with Crippen molar-refractivity contribution in [2.24, 2.45) is 5.73 Å². The van der Waals surface area contributed by atoms with E-state index in [-0.39, 0.29) is 18.2 Å². The van der Waals surface area contributed by atoms with Gasteiger partial charge in [0.2, 0.25) is 17.7 Å². The highest BCUT2D eigenvalue weighted by atomic mass is 32.2.